The van der Waals surface area contributed by atoms with Crippen LogP contribution in [0.25, 0.3) is 0 Å². The van der Waals surface area contributed by atoms with Crippen molar-refractivity contribution in [2.75, 3.05) is 5.32 Å². The van der Waals surface area contributed by atoms with E-state index in [4.69, 9.17) is 29.6 Å². The van der Waals surface area contributed by atoms with Crippen LogP contribution >= 0.6 is 35.2 Å². The second kappa shape index (κ2) is 5.49. The van der Waals surface area contributed by atoms with Crippen molar-refractivity contribution >= 4 is 45.8 Å². The van der Waals surface area contributed by atoms with E-state index in [0.717, 1.165) is 17.8 Å². The van der Waals surface area contributed by atoms with Crippen LogP contribution in [0.15, 0.2) is 35.7 Å². The second-order valence-corrected chi connectivity index (χ2v) is 5.37. The summed E-state index contributed by atoms with van der Waals surface area (Å²) in [6.07, 6.45) is 0. The molecule has 0 aliphatic heterocycles. The SMILES string of the molecule is NC(=S)c1ccc(NCc2cccs2)c(Cl)c1. The molecule has 2 rings (SSSR count). The Bertz CT molecular complexity index is 523. The van der Waals surface area contributed by atoms with Gasteiger partial charge in [-0.3, -0.25) is 0 Å². The van der Waals surface area contributed by atoms with Crippen molar-refractivity contribution in [2.45, 2.75) is 6.54 Å². The molecule has 0 amide bonds. The van der Waals surface area contributed by atoms with E-state index in [0.29, 0.717) is 10.0 Å². The van der Waals surface area contributed by atoms with Crippen LogP contribution in [-0.2, 0) is 6.54 Å². The number of nitrogens with one attached hydrogen (secondary N) is 1. The van der Waals surface area contributed by atoms with Crippen molar-refractivity contribution in [1.82, 2.24) is 0 Å². The number of benzene rings is 1. The third-order valence-corrected chi connectivity index (χ3v) is 3.71. The van der Waals surface area contributed by atoms with Crippen molar-refractivity contribution in [1.29, 1.82) is 0 Å². The number of thiophene rings is 1. The second-order valence-electron chi connectivity index (χ2n) is 3.49. The monoisotopic (exact) mass is 282 g/mol. The van der Waals surface area contributed by atoms with E-state index in [-0.39, 0.29) is 0 Å². The Balaban J connectivity index is 2.09. The molecule has 88 valence electrons. The van der Waals surface area contributed by atoms with Gasteiger partial charge in [0.1, 0.15) is 4.99 Å². The summed E-state index contributed by atoms with van der Waals surface area (Å²) in [6.45, 7) is 0.768. The maximum absolute atomic E-state index is 6.14. The third-order valence-electron chi connectivity index (χ3n) is 2.29. The molecule has 1 aromatic carbocycles. The fraction of sp³-hybridized carbons (Fsp3) is 0.0833. The van der Waals surface area contributed by atoms with Crippen LogP contribution in [-0.4, -0.2) is 4.99 Å². The van der Waals surface area contributed by atoms with Gasteiger partial charge in [0.2, 0.25) is 0 Å². The molecule has 1 heterocycles. The van der Waals surface area contributed by atoms with Crippen LogP contribution in [0.1, 0.15) is 10.4 Å². The van der Waals surface area contributed by atoms with Crippen molar-refractivity contribution in [2.24, 2.45) is 5.73 Å². The molecule has 0 atom stereocenters. The van der Waals surface area contributed by atoms with Gasteiger partial charge in [-0.15, -0.1) is 11.3 Å². The zero-order valence-electron chi connectivity index (χ0n) is 8.94. The van der Waals surface area contributed by atoms with E-state index in [1.807, 2.05) is 18.2 Å². The van der Waals surface area contributed by atoms with E-state index in [9.17, 15) is 0 Å². The maximum Gasteiger partial charge on any atom is 0.104 e. The topological polar surface area (TPSA) is 38.0 Å². The average Bonchev–Trinajstić information content (AvgIpc) is 2.80. The molecule has 2 nitrogen and oxygen atoms in total. The maximum atomic E-state index is 6.14. The Labute approximate surface area is 114 Å². The summed E-state index contributed by atoms with van der Waals surface area (Å²) >= 11 is 12.7. The molecule has 3 N–H and O–H groups in total. The first kappa shape index (κ1) is 12.4. The van der Waals surface area contributed by atoms with Crippen LogP contribution in [0.3, 0.4) is 0 Å². The Hall–Kier alpha value is -1.10. The van der Waals surface area contributed by atoms with Crippen LogP contribution in [0.4, 0.5) is 5.69 Å². The highest BCUT2D eigenvalue weighted by molar-refractivity contribution is 7.80. The number of hydrogen-bond donors (Lipinski definition) is 2. The summed E-state index contributed by atoms with van der Waals surface area (Å²) in [5.74, 6) is 0. The van der Waals surface area contributed by atoms with Crippen LogP contribution < -0.4 is 11.1 Å². The molecule has 5 heteroatoms. The zero-order chi connectivity index (χ0) is 12.3. The summed E-state index contributed by atoms with van der Waals surface area (Å²) in [7, 11) is 0. The fourth-order valence-electron chi connectivity index (χ4n) is 1.41. The molecule has 2 aromatic rings. The molecule has 0 spiro atoms. The molecule has 17 heavy (non-hydrogen) atoms. The van der Waals surface area contributed by atoms with Gasteiger partial charge in [0, 0.05) is 17.0 Å². The number of hydrogen-bond acceptors (Lipinski definition) is 3. The number of thiocarbonyl (C=S) groups is 1. The van der Waals surface area contributed by atoms with Crippen molar-refractivity contribution < 1.29 is 0 Å². The van der Waals surface area contributed by atoms with Gasteiger partial charge in [0.15, 0.2) is 0 Å². The van der Waals surface area contributed by atoms with E-state index in [1.54, 1.807) is 17.4 Å². The molecule has 0 saturated carbocycles. The molecule has 1 aromatic heterocycles. The molecule has 0 aliphatic carbocycles. The van der Waals surface area contributed by atoms with E-state index in [2.05, 4.69) is 16.8 Å². The van der Waals surface area contributed by atoms with Crippen LogP contribution in [0.5, 0.6) is 0 Å². The van der Waals surface area contributed by atoms with Gasteiger partial charge < -0.3 is 11.1 Å². The predicted molar refractivity (Wildman–Crippen MR) is 79.0 cm³/mol. The van der Waals surface area contributed by atoms with Gasteiger partial charge in [-0.05, 0) is 29.6 Å². The summed E-state index contributed by atoms with van der Waals surface area (Å²) in [4.78, 5) is 1.62. The quantitative estimate of drug-likeness (QED) is 0.841. The summed E-state index contributed by atoms with van der Waals surface area (Å²) in [5, 5.41) is 5.96. The number of anilines is 1. The van der Waals surface area contributed by atoms with Gasteiger partial charge in [-0.25, -0.2) is 0 Å². The minimum Gasteiger partial charge on any atom is -0.389 e. The van der Waals surface area contributed by atoms with E-state index < -0.39 is 0 Å². The molecule has 0 bridgehead atoms. The lowest BCUT2D eigenvalue weighted by Gasteiger charge is -2.08. The summed E-state index contributed by atoms with van der Waals surface area (Å²) in [6, 6.07) is 9.64. The Kier molecular flexibility index (Phi) is 3.99. The van der Waals surface area contributed by atoms with Gasteiger partial charge in [0.05, 0.1) is 10.7 Å². The number of halogens is 1. The molecule has 0 radical (unpaired) electrons. The third kappa shape index (κ3) is 3.19. The number of rotatable bonds is 4. The molecule has 0 saturated heterocycles. The lowest BCUT2D eigenvalue weighted by Crippen LogP contribution is -2.09. The fourth-order valence-corrected chi connectivity index (χ4v) is 2.43. The van der Waals surface area contributed by atoms with Crippen molar-refractivity contribution in [3.05, 3.63) is 51.2 Å². The lowest BCUT2D eigenvalue weighted by molar-refractivity contribution is 1.19. The summed E-state index contributed by atoms with van der Waals surface area (Å²) < 4.78 is 0. The van der Waals surface area contributed by atoms with Crippen LogP contribution in [0, 0.1) is 0 Å². The first-order chi connectivity index (χ1) is 8.16. The molecule has 0 unspecified atom stereocenters. The predicted octanol–water partition coefficient (Wildman–Crippen LogP) is 3.65. The molecule has 0 fully saturated rings. The minimum absolute atomic E-state index is 0.358. The zero-order valence-corrected chi connectivity index (χ0v) is 11.3. The van der Waals surface area contributed by atoms with E-state index >= 15 is 0 Å². The van der Waals surface area contributed by atoms with Crippen LogP contribution in [0.2, 0.25) is 5.02 Å². The Morgan fingerprint density at radius 2 is 2.24 bits per heavy atom. The lowest BCUT2D eigenvalue weighted by atomic mass is 10.2. The van der Waals surface area contributed by atoms with Gasteiger partial charge in [-0.1, -0.05) is 29.9 Å². The molecular formula is C12H11ClN2S2. The normalized spacial score (nSPS) is 10.2. The van der Waals surface area contributed by atoms with Crippen molar-refractivity contribution in [3.8, 4) is 0 Å². The average molecular weight is 283 g/mol. The molecule has 0 aliphatic rings. The largest absolute Gasteiger partial charge is 0.389 e. The highest BCUT2D eigenvalue weighted by Crippen LogP contribution is 2.24. The highest BCUT2D eigenvalue weighted by Gasteiger charge is 2.03. The van der Waals surface area contributed by atoms with Gasteiger partial charge in [-0.2, -0.15) is 0 Å². The number of nitrogens with two attached hydrogens (primary N) is 1. The first-order valence-electron chi connectivity index (χ1n) is 5.02. The van der Waals surface area contributed by atoms with E-state index in [1.165, 1.54) is 4.88 Å². The first-order valence-corrected chi connectivity index (χ1v) is 6.69. The van der Waals surface area contributed by atoms with Crippen molar-refractivity contribution in [3.63, 3.8) is 0 Å². The van der Waals surface area contributed by atoms with Gasteiger partial charge >= 0.3 is 0 Å². The molecular weight excluding hydrogens is 272 g/mol. The minimum atomic E-state index is 0.358. The summed E-state index contributed by atoms with van der Waals surface area (Å²) in [5.41, 5.74) is 7.21. The standard InChI is InChI=1S/C12H11ClN2S2/c13-10-6-8(12(14)16)3-4-11(10)15-7-9-2-1-5-17-9/h1-6,15H,7H2,(H2,14,16). The smallest absolute Gasteiger partial charge is 0.104 e. The van der Waals surface area contributed by atoms with Gasteiger partial charge in [0.25, 0.3) is 0 Å². The Morgan fingerprint density at radius 3 is 2.82 bits per heavy atom. The Morgan fingerprint density at radius 1 is 1.41 bits per heavy atom. The highest BCUT2D eigenvalue weighted by atomic mass is 35.5.